The van der Waals surface area contributed by atoms with Crippen LogP contribution in [0, 0.1) is 23.7 Å². The fourth-order valence-electron chi connectivity index (χ4n) is 4.71. The highest BCUT2D eigenvalue weighted by Crippen LogP contribution is 2.51. The van der Waals surface area contributed by atoms with E-state index in [2.05, 4.69) is 14.9 Å². The number of rotatable bonds is 4. The molecule has 1 saturated heterocycles. The van der Waals surface area contributed by atoms with Crippen molar-refractivity contribution < 1.29 is 9.53 Å². The van der Waals surface area contributed by atoms with Crippen molar-refractivity contribution in [3.8, 4) is 0 Å². The molecule has 0 spiro atoms. The third kappa shape index (κ3) is 2.46. The average Bonchev–Trinajstić information content (AvgIpc) is 3.12. The van der Waals surface area contributed by atoms with Crippen molar-refractivity contribution in [2.45, 2.75) is 32.1 Å². The lowest BCUT2D eigenvalue weighted by atomic mass is 9.80. The first kappa shape index (κ1) is 14.0. The zero-order valence-corrected chi connectivity index (χ0v) is 13.1. The molecule has 0 amide bonds. The van der Waals surface area contributed by atoms with Gasteiger partial charge in [0, 0.05) is 13.1 Å². The average molecular weight is 301 g/mol. The predicted molar refractivity (Wildman–Crippen MR) is 82.6 cm³/mol. The van der Waals surface area contributed by atoms with E-state index in [0.717, 1.165) is 42.6 Å². The van der Waals surface area contributed by atoms with Crippen LogP contribution in [0.4, 0.5) is 5.82 Å². The Balaban J connectivity index is 1.32. The van der Waals surface area contributed by atoms with Crippen molar-refractivity contribution in [3.05, 3.63) is 18.1 Å². The Bertz CT molecular complexity index is 571. The SMILES string of the molecule is COC(=O)c1cncc(N2CC(CC3CC4CCC3C4)C2)n1. The summed E-state index contributed by atoms with van der Waals surface area (Å²) in [5, 5.41) is 0. The second-order valence-corrected chi connectivity index (χ2v) is 7.20. The number of anilines is 1. The van der Waals surface area contributed by atoms with Crippen molar-refractivity contribution in [1.29, 1.82) is 0 Å². The molecule has 2 heterocycles. The normalized spacial score (nSPS) is 30.4. The summed E-state index contributed by atoms with van der Waals surface area (Å²) in [5.41, 5.74) is 0.288. The Morgan fingerprint density at radius 1 is 1.32 bits per heavy atom. The number of ether oxygens (including phenoxy) is 1. The molecule has 3 atom stereocenters. The summed E-state index contributed by atoms with van der Waals surface area (Å²) in [4.78, 5) is 22.2. The van der Waals surface area contributed by atoms with Gasteiger partial charge < -0.3 is 9.64 Å². The van der Waals surface area contributed by atoms with Gasteiger partial charge in [-0.2, -0.15) is 0 Å². The fourth-order valence-corrected chi connectivity index (χ4v) is 4.71. The Morgan fingerprint density at radius 2 is 2.18 bits per heavy atom. The van der Waals surface area contributed by atoms with E-state index in [-0.39, 0.29) is 5.69 Å². The second-order valence-electron chi connectivity index (χ2n) is 7.20. The van der Waals surface area contributed by atoms with E-state index in [0.29, 0.717) is 0 Å². The first-order valence-electron chi connectivity index (χ1n) is 8.38. The van der Waals surface area contributed by atoms with Gasteiger partial charge in [-0.15, -0.1) is 0 Å². The molecule has 3 fully saturated rings. The maximum absolute atomic E-state index is 11.5. The highest BCUT2D eigenvalue weighted by atomic mass is 16.5. The standard InChI is InChI=1S/C17H23N3O2/c1-22-17(21)15-7-18-8-16(19-15)20-9-12(10-20)6-14-5-11-2-3-13(14)4-11/h7-8,11-14H,2-6,9-10H2,1H3. The molecule has 118 valence electrons. The monoisotopic (exact) mass is 301 g/mol. The predicted octanol–water partition coefficient (Wildman–Crippen LogP) is 2.53. The first-order chi connectivity index (χ1) is 10.7. The second kappa shape index (κ2) is 5.52. The first-order valence-corrected chi connectivity index (χ1v) is 8.38. The van der Waals surface area contributed by atoms with Crippen molar-refractivity contribution in [2.24, 2.45) is 23.7 Å². The van der Waals surface area contributed by atoms with Gasteiger partial charge in [-0.1, -0.05) is 6.42 Å². The molecule has 2 bridgehead atoms. The summed E-state index contributed by atoms with van der Waals surface area (Å²) in [6.45, 7) is 2.10. The van der Waals surface area contributed by atoms with Crippen molar-refractivity contribution in [3.63, 3.8) is 0 Å². The quantitative estimate of drug-likeness (QED) is 0.800. The van der Waals surface area contributed by atoms with Crippen molar-refractivity contribution >= 4 is 11.8 Å². The number of fused-ring (bicyclic) bond motifs is 2. The van der Waals surface area contributed by atoms with Crippen molar-refractivity contribution in [1.82, 2.24) is 9.97 Å². The fraction of sp³-hybridized carbons (Fsp3) is 0.706. The third-order valence-corrected chi connectivity index (χ3v) is 5.82. The van der Waals surface area contributed by atoms with Crippen molar-refractivity contribution in [2.75, 3.05) is 25.1 Å². The van der Waals surface area contributed by atoms with Crippen LogP contribution in [0.2, 0.25) is 0 Å². The zero-order valence-electron chi connectivity index (χ0n) is 13.1. The van der Waals surface area contributed by atoms with Gasteiger partial charge in [0.15, 0.2) is 5.69 Å². The Hall–Kier alpha value is -1.65. The zero-order chi connectivity index (χ0) is 15.1. The van der Waals surface area contributed by atoms with Gasteiger partial charge in [0.2, 0.25) is 0 Å². The van der Waals surface area contributed by atoms with Gasteiger partial charge >= 0.3 is 5.97 Å². The molecular weight excluding hydrogens is 278 g/mol. The highest BCUT2D eigenvalue weighted by Gasteiger charge is 2.41. The lowest BCUT2D eigenvalue weighted by molar-refractivity contribution is 0.0593. The minimum absolute atomic E-state index is 0.288. The minimum Gasteiger partial charge on any atom is -0.464 e. The largest absolute Gasteiger partial charge is 0.464 e. The van der Waals surface area contributed by atoms with E-state index in [4.69, 9.17) is 4.74 Å². The number of carbonyl (C=O) groups excluding carboxylic acids is 1. The molecule has 2 saturated carbocycles. The molecule has 5 heteroatoms. The smallest absolute Gasteiger partial charge is 0.358 e. The van der Waals surface area contributed by atoms with E-state index < -0.39 is 5.97 Å². The summed E-state index contributed by atoms with van der Waals surface area (Å²) in [7, 11) is 1.37. The summed E-state index contributed by atoms with van der Waals surface area (Å²) in [6, 6.07) is 0. The molecule has 3 aliphatic rings. The van der Waals surface area contributed by atoms with Crippen LogP contribution in [0.25, 0.3) is 0 Å². The van der Waals surface area contributed by atoms with E-state index in [1.165, 1.54) is 45.4 Å². The van der Waals surface area contributed by atoms with Crippen LogP contribution >= 0.6 is 0 Å². The number of carbonyl (C=O) groups is 1. The number of esters is 1. The maximum Gasteiger partial charge on any atom is 0.358 e. The minimum atomic E-state index is -0.423. The van der Waals surface area contributed by atoms with Crippen LogP contribution in [-0.4, -0.2) is 36.1 Å². The van der Waals surface area contributed by atoms with Gasteiger partial charge in [-0.25, -0.2) is 9.78 Å². The number of nitrogens with zero attached hydrogens (tertiary/aromatic N) is 3. The molecule has 1 aromatic heterocycles. The number of methoxy groups -OCH3 is 1. The summed E-state index contributed by atoms with van der Waals surface area (Å²) >= 11 is 0. The van der Waals surface area contributed by atoms with Gasteiger partial charge in [0.1, 0.15) is 5.82 Å². The molecule has 1 aliphatic heterocycles. The molecule has 3 unspecified atom stereocenters. The summed E-state index contributed by atoms with van der Waals surface area (Å²) < 4.78 is 4.70. The molecule has 0 aromatic carbocycles. The molecule has 2 aliphatic carbocycles. The molecule has 4 rings (SSSR count). The lowest BCUT2D eigenvalue weighted by Gasteiger charge is -2.42. The maximum atomic E-state index is 11.5. The van der Waals surface area contributed by atoms with Crippen LogP contribution in [0.3, 0.4) is 0 Å². The Kier molecular flexibility index (Phi) is 3.51. The van der Waals surface area contributed by atoms with Crippen LogP contribution in [0.15, 0.2) is 12.4 Å². The Morgan fingerprint density at radius 3 is 2.86 bits per heavy atom. The molecule has 0 radical (unpaired) electrons. The molecule has 0 N–H and O–H groups in total. The highest BCUT2D eigenvalue weighted by molar-refractivity contribution is 5.87. The topological polar surface area (TPSA) is 55.3 Å². The third-order valence-electron chi connectivity index (χ3n) is 5.82. The Labute approximate surface area is 131 Å². The number of hydrogen-bond donors (Lipinski definition) is 0. The van der Waals surface area contributed by atoms with E-state index >= 15 is 0 Å². The van der Waals surface area contributed by atoms with E-state index in [9.17, 15) is 4.79 Å². The number of hydrogen-bond acceptors (Lipinski definition) is 5. The van der Waals surface area contributed by atoms with Crippen LogP contribution in [-0.2, 0) is 4.74 Å². The molecule has 1 aromatic rings. The summed E-state index contributed by atoms with van der Waals surface area (Å²) in [6.07, 6.45) is 10.5. The van der Waals surface area contributed by atoms with Crippen LogP contribution < -0.4 is 4.90 Å². The lowest BCUT2D eigenvalue weighted by Crippen LogP contribution is -2.48. The van der Waals surface area contributed by atoms with Gasteiger partial charge in [0.25, 0.3) is 0 Å². The molecule has 5 nitrogen and oxygen atoms in total. The number of aromatic nitrogens is 2. The van der Waals surface area contributed by atoms with Gasteiger partial charge in [0.05, 0.1) is 19.5 Å². The van der Waals surface area contributed by atoms with Gasteiger partial charge in [-0.05, 0) is 49.4 Å². The summed E-state index contributed by atoms with van der Waals surface area (Å²) in [5.74, 6) is 4.18. The van der Waals surface area contributed by atoms with E-state index in [1.807, 2.05) is 0 Å². The van der Waals surface area contributed by atoms with Gasteiger partial charge in [-0.3, -0.25) is 4.98 Å². The molecule has 22 heavy (non-hydrogen) atoms. The van der Waals surface area contributed by atoms with Crippen LogP contribution in [0.5, 0.6) is 0 Å². The van der Waals surface area contributed by atoms with Crippen LogP contribution in [0.1, 0.15) is 42.6 Å². The van der Waals surface area contributed by atoms with E-state index in [1.54, 1.807) is 6.20 Å². The molecular formula is C17H23N3O2.